The van der Waals surface area contributed by atoms with Crippen LogP contribution in [0.3, 0.4) is 0 Å². The van der Waals surface area contributed by atoms with Crippen LogP contribution in [0.4, 0.5) is 0 Å². The molecule has 1 aliphatic heterocycles. The fraction of sp³-hybridized carbons (Fsp3) is 0.923. The van der Waals surface area contributed by atoms with Crippen LogP contribution in [-0.4, -0.2) is 37.5 Å². The average Bonchev–Trinajstić information content (AvgIpc) is 3.06. The van der Waals surface area contributed by atoms with Crippen LogP contribution in [0.1, 0.15) is 39.0 Å². The molecule has 0 radical (unpaired) electrons. The molecule has 0 atom stereocenters. The first-order chi connectivity index (χ1) is 7.65. The minimum absolute atomic E-state index is 0. The van der Waals surface area contributed by atoms with Gasteiger partial charge in [-0.3, -0.25) is 4.79 Å². The Morgan fingerprint density at radius 3 is 2.41 bits per heavy atom. The van der Waals surface area contributed by atoms with E-state index in [0.29, 0.717) is 5.91 Å². The van der Waals surface area contributed by atoms with Crippen molar-refractivity contribution in [1.82, 2.24) is 10.2 Å². The Bertz CT molecular complexity index is 258. The van der Waals surface area contributed by atoms with E-state index >= 15 is 0 Å². The number of hydrogen-bond donors (Lipinski definition) is 1. The molecule has 17 heavy (non-hydrogen) atoms. The third-order valence-corrected chi connectivity index (χ3v) is 4.22. The van der Waals surface area contributed by atoms with Crippen LogP contribution in [0.5, 0.6) is 0 Å². The van der Waals surface area contributed by atoms with Gasteiger partial charge in [0.1, 0.15) is 0 Å². The molecule has 0 bridgehead atoms. The maximum absolute atomic E-state index is 12.1. The van der Waals surface area contributed by atoms with Gasteiger partial charge in [0.05, 0.1) is 0 Å². The molecule has 1 amide bonds. The summed E-state index contributed by atoms with van der Waals surface area (Å²) < 4.78 is 0. The monoisotopic (exact) mass is 260 g/mol. The first-order valence-electron chi connectivity index (χ1n) is 6.60. The summed E-state index contributed by atoms with van der Waals surface area (Å²) in [6.07, 6.45) is 5.86. The van der Waals surface area contributed by atoms with Crippen molar-refractivity contribution >= 4 is 18.3 Å². The predicted molar refractivity (Wildman–Crippen MR) is 72.4 cm³/mol. The number of piperidine rings is 1. The van der Waals surface area contributed by atoms with Gasteiger partial charge in [-0.25, -0.2) is 0 Å². The molecule has 0 aromatic carbocycles. The second-order valence-corrected chi connectivity index (χ2v) is 5.69. The molecule has 100 valence electrons. The molecule has 1 heterocycles. The van der Waals surface area contributed by atoms with Crippen molar-refractivity contribution in [2.24, 2.45) is 11.3 Å². The van der Waals surface area contributed by atoms with Crippen LogP contribution in [0, 0.1) is 11.3 Å². The zero-order chi connectivity index (χ0) is 11.6. The largest absolute Gasteiger partial charge is 0.342 e. The second-order valence-electron chi connectivity index (χ2n) is 5.69. The lowest BCUT2D eigenvalue weighted by atomic mass is 9.92. The van der Waals surface area contributed by atoms with E-state index in [9.17, 15) is 4.79 Å². The molecule has 3 nitrogen and oxygen atoms in total. The van der Waals surface area contributed by atoms with Gasteiger partial charge in [-0.15, -0.1) is 12.4 Å². The molecule has 0 aromatic rings. The van der Waals surface area contributed by atoms with Gasteiger partial charge in [-0.1, -0.05) is 6.92 Å². The number of hydrogen-bond acceptors (Lipinski definition) is 2. The Kier molecular flexibility index (Phi) is 5.26. The summed E-state index contributed by atoms with van der Waals surface area (Å²) in [5.74, 6) is 1.24. The SMILES string of the molecule is CNCCC1CCN(C(=O)C2(C)CC2)CC1.Cl. The topological polar surface area (TPSA) is 32.3 Å². The average molecular weight is 261 g/mol. The highest BCUT2D eigenvalue weighted by Gasteiger charge is 2.47. The summed E-state index contributed by atoms with van der Waals surface area (Å²) in [7, 11) is 2.01. The van der Waals surface area contributed by atoms with Gasteiger partial charge < -0.3 is 10.2 Å². The summed E-state index contributed by atoms with van der Waals surface area (Å²) in [4.78, 5) is 14.2. The van der Waals surface area contributed by atoms with E-state index in [1.54, 1.807) is 0 Å². The van der Waals surface area contributed by atoms with Crippen molar-refractivity contribution in [2.75, 3.05) is 26.7 Å². The van der Waals surface area contributed by atoms with Crippen LogP contribution in [0.2, 0.25) is 0 Å². The first kappa shape index (κ1) is 14.8. The Hall–Kier alpha value is -0.280. The summed E-state index contributed by atoms with van der Waals surface area (Å²) in [5, 5.41) is 3.20. The number of carbonyl (C=O) groups is 1. The molecule has 4 heteroatoms. The van der Waals surface area contributed by atoms with Crippen molar-refractivity contribution in [3.63, 3.8) is 0 Å². The van der Waals surface area contributed by atoms with Gasteiger partial charge in [0.15, 0.2) is 0 Å². The second kappa shape index (κ2) is 6.05. The summed E-state index contributed by atoms with van der Waals surface area (Å²) in [6, 6.07) is 0. The lowest BCUT2D eigenvalue weighted by molar-refractivity contribution is -0.137. The number of amides is 1. The van der Waals surface area contributed by atoms with Crippen LogP contribution in [-0.2, 0) is 4.79 Å². The van der Waals surface area contributed by atoms with Crippen molar-refractivity contribution in [3.05, 3.63) is 0 Å². The Labute approximate surface area is 111 Å². The van der Waals surface area contributed by atoms with E-state index in [1.807, 2.05) is 7.05 Å². The fourth-order valence-corrected chi connectivity index (χ4v) is 2.56. The van der Waals surface area contributed by atoms with Crippen LogP contribution in [0.15, 0.2) is 0 Å². The van der Waals surface area contributed by atoms with Gasteiger partial charge in [0.2, 0.25) is 5.91 Å². The van der Waals surface area contributed by atoms with E-state index in [1.165, 1.54) is 19.3 Å². The molecule has 1 saturated carbocycles. The highest BCUT2D eigenvalue weighted by molar-refractivity contribution is 5.85. The zero-order valence-electron chi connectivity index (χ0n) is 11.0. The van der Waals surface area contributed by atoms with Crippen molar-refractivity contribution in [2.45, 2.75) is 39.0 Å². The van der Waals surface area contributed by atoms with Gasteiger partial charge in [-0.2, -0.15) is 0 Å². The summed E-state index contributed by atoms with van der Waals surface area (Å²) >= 11 is 0. The van der Waals surface area contributed by atoms with Crippen molar-refractivity contribution < 1.29 is 4.79 Å². The number of nitrogens with one attached hydrogen (secondary N) is 1. The van der Waals surface area contributed by atoms with E-state index in [2.05, 4.69) is 17.1 Å². The van der Waals surface area contributed by atoms with E-state index in [4.69, 9.17) is 0 Å². The van der Waals surface area contributed by atoms with E-state index in [0.717, 1.165) is 38.4 Å². The fourth-order valence-electron chi connectivity index (χ4n) is 2.56. The quantitative estimate of drug-likeness (QED) is 0.839. The molecule has 0 aromatic heterocycles. The minimum Gasteiger partial charge on any atom is -0.342 e. The summed E-state index contributed by atoms with van der Waals surface area (Å²) in [5.41, 5.74) is 0.0256. The molecule has 1 saturated heterocycles. The van der Waals surface area contributed by atoms with Crippen LogP contribution in [0.25, 0.3) is 0 Å². The Morgan fingerprint density at radius 2 is 1.94 bits per heavy atom. The molecule has 0 unspecified atom stereocenters. The number of halogens is 1. The number of nitrogens with zero attached hydrogens (tertiary/aromatic N) is 1. The molecule has 2 fully saturated rings. The molecule has 1 N–H and O–H groups in total. The smallest absolute Gasteiger partial charge is 0.228 e. The summed E-state index contributed by atoms with van der Waals surface area (Å²) in [6.45, 7) is 5.20. The number of likely N-dealkylation sites (tertiary alicyclic amines) is 1. The Morgan fingerprint density at radius 1 is 1.35 bits per heavy atom. The molecular formula is C13H25ClN2O. The van der Waals surface area contributed by atoms with Gasteiger partial charge in [-0.05, 0) is 51.6 Å². The number of rotatable bonds is 4. The van der Waals surface area contributed by atoms with E-state index in [-0.39, 0.29) is 17.8 Å². The molecular weight excluding hydrogens is 236 g/mol. The van der Waals surface area contributed by atoms with Crippen molar-refractivity contribution in [1.29, 1.82) is 0 Å². The van der Waals surface area contributed by atoms with Gasteiger partial charge >= 0.3 is 0 Å². The zero-order valence-corrected chi connectivity index (χ0v) is 11.8. The van der Waals surface area contributed by atoms with Gasteiger partial charge in [0, 0.05) is 18.5 Å². The normalized spacial score (nSPS) is 23.1. The Balaban J connectivity index is 0.00000144. The molecule has 2 rings (SSSR count). The van der Waals surface area contributed by atoms with Crippen molar-refractivity contribution in [3.8, 4) is 0 Å². The lowest BCUT2D eigenvalue weighted by Gasteiger charge is -2.33. The molecule has 0 spiro atoms. The van der Waals surface area contributed by atoms with Gasteiger partial charge in [0.25, 0.3) is 0 Å². The first-order valence-corrected chi connectivity index (χ1v) is 6.60. The van der Waals surface area contributed by atoms with E-state index < -0.39 is 0 Å². The minimum atomic E-state index is 0. The predicted octanol–water partition coefficient (Wildman–Crippen LogP) is 2.06. The maximum atomic E-state index is 12.1. The molecule has 2 aliphatic rings. The van der Waals surface area contributed by atoms with Crippen LogP contribution >= 0.6 is 12.4 Å². The van der Waals surface area contributed by atoms with Crippen LogP contribution < -0.4 is 5.32 Å². The number of carbonyl (C=O) groups excluding carboxylic acids is 1. The lowest BCUT2D eigenvalue weighted by Crippen LogP contribution is -2.42. The highest BCUT2D eigenvalue weighted by Crippen LogP contribution is 2.46. The third kappa shape index (κ3) is 3.59. The third-order valence-electron chi connectivity index (χ3n) is 4.22. The molecule has 1 aliphatic carbocycles. The maximum Gasteiger partial charge on any atom is 0.228 e. The highest BCUT2D eigenvalue weighted by atomic mass is 35.5. The standard InChI is InChI=1S/C13H24N2O.ClH/c1-13(6-7-13)12(16)15-9-4-11(5-10-15)3-8-14-2;/h11,14H,3-10H2,1-2H3;1H.